The molecule has 0 fully saturated rings. The van der Waals surface area contributed by atoms with Gasteiger partial charge in [0.05, 0.1) is 6.10 Å². The minimum absolute atomic E-state index is 0.285. The van der Waals surface area contributed by atoms with Gasteiger partial charge in [-0.1, -0.05) is 17.7 Å². The fourth-order valence-electron chi connectivity index (χ4n) is 0.916. The Hall–Kier alpha value is -0.800. The summed E-state index contributed by atoms with van der Waals surface area (Å²) in [4.78, 5) is 4.04. The molecule has 4 heteroatoms. The lowest BCUT2D eigenvalue weighted by Crippen LogP contribution is -2.10. The van der Waals surface area contributed by atoms with Gasteiger partial charge in [0, 0.05) is 6.54 Å². The second-order valence-corrected chi connectivity index (χ2v) is 3.30. The van der Waals surface area contributed by atoms with Gasteiger partial charge in [0.25, 0.3) is 0 Å². The van der Waals surface area contributed by atoms with E-state index in [1.807, 2.05) is 12.1 Å². The van der Waals surface area contributed by atoms with Crippen LogP contribution in [-0.4, -0.2) is 22.7 Å². The molecule has 0 aliphatic carbocycles. The Kier molecular flexibility index (Phi) is 3.99. The first-order chi connectivity index (χ1) is 6.18. The number of anilines is 1. The topological polar surface area (TPSA) is 45.1 Å². The Morgan fingerprint density at radius 2 is 2.38 bits per heavy atom. The highest BCUT2D eigenvalue weighted by molar-refractivity contribution is 6.29. The van der Waals surface area contributed by atoms with Crippen molar-refractivity contribution in [3.8, 4) is 0 Å². The number of nitrogens with one attached hydrogen (secondary N) is 1. The first-order valence-corrected chi connectivity index (χ1v) is 4.61. The zero-order valence-electron chi connectivity index (χ0n) is 7.50. The summed E-state index contributed by atoms with van der Waals surface area (Å²) in [5.41, 5.74) is 0. The van der Waals surface area contributed by atoms with Gasteiger partial charge in [-0.2, -0.15) is 0 Å². The number of aromatic nitrogens is 1. The summed E-state index contributed by atoms with van der Waals surface area (Å²) in [6.45, 7) is 2.46. The molecule has 1 heterocycles. The first kappa shape index (κ1) is 10.3. The number of halogens is 1. The highest BCUT2D eigenvalue weighted by Gasteiger charge is 1.96. The van der Waals surface area contributed by atoms with E-state index in [4.69, 9.17) is 16.7 Å². The van der Waals surface area contributed by atoms with Gasteiger partial charge in [-0.25, -0.2) is 4.98 Å². The Bertz CT molecular complexity index is 266. The van der Waals surface area contributed by atoms with Crippen molar-refractivity contribution in [1.29, 1.82) is 0 Å². The van der Waals surface area contributed by atoms with Crippen LogP contribution in [0.1, 0.15) is 13.3 Å². The maximum absolute atomic E-state index is 9.00. The standard InChI is InChI=1S/C9H13ClN2O/c1-7(13)5-6-11-9-4-2-3-8(10)12-9/h2-4,7,13H,5-6H2,1H3,(H,11,12)/t7-/m0/s1. The molecule has 0 saturated heterocycles. The molecular formula is C9H13ClN2O. The van der Waals surface area contributed by atoms with Gasteiger partial charge in [0.2, 0.25) is 0 Å². The maximum Gasteiger partial charge on any atom is 0.131 e. The average molecular weight is 201 g/mol. The van der Waals surface area contributed by atoms with Crippen molar-refractivity contribution in [1.82, 2.24) is 4.98 Å². The van der Waals surface area contributed by atoms with Crippen LogP contribution in [0.2, 0.25) is 5.15 Å². The molecule has 0 radical (unpaired) electrons. The van der Waals surface area contributed by atoms with Gasteiger partial charge in [-0.15, -0.1) is 0 Å². The summed E-state index contributed by atoms with van der Waals surface area (Å²) in [5.74, 6) is 0.744. The van der Waals surface area contributed by atoms with E-state index in [1.54, 1.807) is 13.0 Å². The average Bonchev–Trinajstić information content (AvgIpc) is 2.03. The van der Waals surface area contributed by atoms with E-state index in [1.165, 1.54) is 0 Å². The fourth-order valence-corrected chi connectivity index (χ4v) is 1.08. The minimum Gasteiger partial charge on any atom is -0.393 e. The minimum atomic E-state index is -0.285. The highest BCUT2D eigenvalue weighted by Crippen LogP contribution is 2.08. The second-order valence-electron chi connectivity index (χ2n) is 2.91. The van der Waals surface area contributed by atoms with E-state index in [2.05, 4.69) is 10.3 Å². The number of pyridine rings is 1. The van der Waals surface area contributed by atoms with Crippen LogP contribution in [0.25, 0.3) is 0 Å². The van der Waals surface area contributed by atoms with Crippen LogP contribution in [-0.2, 0) is 0 Å². The van der Waals surface area contributed by atoms with Crippen LogP contribution in [0, 0.1) is 0 Å². The third kappa shape index (κ3) is 4.10. The summed E-state index contributed by atoms with van der Waals surface area (Å²) in [5, 5.41) is 12.5. The molecule has 13 heavy (non-hydrogen) atoms. The van der Waals surface area contributed by atoms with E-state index in [0.717, 1.165) is 5.82 Å². The largest absolute Gasteiger partial charge is 0.393 e. The third-order valence-corrected chi connectivity index (χ3v) is 1.79. The van der Waals surface area contributed by atoms with Crippen LogP contribution < -0.4 is 5.32 Å². The van der Waals surface area contributed by atoms with Gasteiger partial charge in [-0.3, -0.25) is 0 Å². The molecular weight excluding hydrogens is 188 g/mol. The molecule has 1 aromatic heterocycles. The Morgan fingerprint density at radius 3 is 3.00 bits per heavy atom. The van der Waals surface area contributed by atoms with E-state index in [0.29, 0.717) is 18.1 Å². The van der Waals surface area contributed by atoms with E-state index in [9.17, 15) is 0 Å². The van der Waals surface area contributed by atoms with Crippen LogP contribution in [0.4, 0.5) is 5.82 Å². The van der Waals surface area contributed by atoms with Crippen molar-refractivity contribution in [3.05, 3.63) is 23.4 Å². The zero-order valence-corrected chi connectivity index (χ0v) is 8.25. The summed E-state index contributed by atoms with van der Waals surface area (Å²) in [7, 11) is 0. The molecule has 0 bridgehead atoms. The third-order valence-electron chi connectivity index (χ3n) is 1.58. The van der Waals surface area contributed by atoms with Crippen molar-refractivity contribution in [2.45, 2.75) is 19.4 Å². The predicted molar refractivity (Wildman–Crippen MR) is 54.0 cm³/mol. The molecule has 0 aliphatic heterocycles. The van der Waals surface area contributed by atoms with Gasteiger partial charge in [0.15, 0.2) is 0 Å². The van der Waals surface area contributed by atoms with Crippen LogP contribution >= 0.6 is 11.6 Å². The molecule has 1 atom stereocenters. The number of aliphatic hydroxyl groups is 1. The highest BCUT2D eigenvalue weighted by atomic mass is 35.5. The predicted octanol–water partition coefficient (Wildman–Crippen LogP) is 1.92. The normalized spacial score (nSPS) is 12.5. The molecule has 72 valence electrons. The van der Waals surface area contributed by atoms with Crippen LogP contribution in [0.3, 0.4) is 0 Å². The number of nitrogens with zero attached hydrogens (tertiary/aromatic N) is 1. The second kappa shape index (κ2) is 5.04. The molecule has 0 saturated carbocycles. The number of aliphatic hydroxyl groups excluding tert-OH is 1. The molecule has 0 aliphatic rings. The Balaban J connectivity index is 2.37. The summed E-state index contributed by atoms with van der Waals surface area (Å²) >= 11 is 5.69. The fraction of sp³-hybridized carbons (Fsp3) is 0.444. The number of hydrogen-bond donors (Lipinski definition) is 2. The molecule has 1 aromatic rings. The lowest BCUT2D eigenvalue weighted by Gasteiger charge is -2.06. The number of hydrogen-bond acceptors (Lipinski definition) is 3. The van der Waals surface area contributed by atoms with E-state index < -0.39 is 0 Å². The van der Waals surface area contributed by atoms with Crippen molar-refractivity contribution < 1.29 is 5.11 Å². The van der Waals surface area contributed by atoms with Crippen LogP contribution in [0.15, 0.2) is 18.2 Å². The molecule has 1 rings (SSSR count). The van der Waals surface area contributed by atoms with E-state index in [-0.39, 0.29) is 6.10 Å². The Morgan fingerprint density at radius 1 is 1.62 bits per heavy atom. The van der Waals surface area contributed by atoms with Crippen LogP contribution in [0.5, 0.6) is 0 Å². The summed E-state index contributed by atoms with van der Waals surface area (Å²) in [6, 6.07) is 5.40. The molecule has 2 N–H and O–H groups in total. The van der Waals surface area contributed by atoms with Crippen molar-refractivity contribution >= 4 is 17.4 Å². The van der Waals surface area contributed by atoms with Crippen molar-refractivity contribution in [2.24, 2.45) is 0 Å². The quantitative estimate of drug-likeness (QED) is 0.730. The van der Waals surface area contributed by atoms with Crippen molar-refractivity contribution in [3.63, 3.8) is 0 Å². The summed E-state index contributed by atoms with van der Waals surface area (Å²) < 4.78 is 0. The first-order valence-electron chi connectivity index (χ1n) is 4.23. The van der Waals surface area contributed by atoms with Gasteiger partial charge >= 0.3 is 0 Å². The zero-order chi connectivity index (χ0) is 9.68. The van der Waals surface area contributed by atoms with Gasteiger partial charge in [-0.05, 0) is 25.5 Å². The van der Waals surface area contributed by atoms with Gasteiger partial charge < -0.3 is 10.4 Å². The summed E-state index contributed by atoms with van der Waals surface area (Å²) in [6.07, 6.45) is 0.417. The lowest BCUT2D eigenvalue weighted by molar-refractivity contribution is 0.188. The smallest absolute Gasteiger partial charge is 0.131 e. The molecule has 0 amide bonds. The molecule has 3 nitrogen and oxygen atoms in total. The molecule has 0 unspecified atom stereocenters. The molecule has 0 aromatic carbocycles. The van der Waals surface area contributed by atoms with Crippen molar-refractivity contribution in [2.75, 3.05) is 11.9 Å². The monoisotopic (exact) mass is 200 g/mol. The Labute approximate surface area is 82.8 Å². The number of rotatable bonds is 4. The SMILES string of the molecule is C[C@H](O)CCNc1cccc(Cl)n1. The van der Waals surface area contributed by atoms with Gasteiger partial charge in [0.1, 0.15) is 11.0 Å². The lowest BCUT2D eigenvalue weighted by atomic mass is 10.3. The maximum atomic E-state index is 9.00. The molecule has 0 spiro atoms. The van der Waals surface area contributed by atoms with E-state index >= 15 is 0 Å².